The second-order valence-corrected chi connectivity index (χ2v) is 6.42. The number of hydrogen-bond donors (Lipinski definition) is 1. The number of rotatable bonds is 5. The van der Waals surface area contributed by atoms with Gasteiger partial charge in [-0.2, -0.15) is 0 Å². The van der Waals surface area contributed by atoms with Gasteiger partial charge in [0.1, 0.15) is 11.9 Å². The lowest BCUT2D eigenvalue weighted by Gasteiger charge is -2.24. The van der Waals surface area contributed by atoms with Crippen LogP contribution in [0, 0.1) is 5.82 Å². The number of benzene rings is 2. The predicted octanol–water partition coefficient (Wildman–Crippen LogP) is 3.29. The predicted molar refractivity (Wildman–Crippen MR) is 93.3 cm³/mol. The highest BCUT2D eigenvalue weighted by molar-refractivity contribution is 6.31. The molecule has 2 amide bonds. The van der Waals surface area contributed by atoms with Gasteiger partial charge in [-0.1, -0.05) is 41.9 Å². The van der Waals surface area contributed by atoms with E-state index < -0.39 is 6.04 Å². The van der Waals surface area contributed by atoms with Gasteiger partial charge in [0.2, 0.25) is 11.8 Å². The molecule has 3 rings (SSSR count). The Morgan fingerprint density at radius 2 is 1.92 bits per heavy atom. The first-order valence-electron chi connectivity index (χ1n) is 8.09. The van der Waals surface area contributed by atoms with E-state index in [2.05, 4.69) is 5.32 Å². The van der Waals surface area contributed by atoms with Crippen LogP contribution in [0.3, 0.4) is 0 Å². The zero-order valence-corrected chi connectivity index (χ0v) is 14.3. The van der Waals surface area contributed by atoms with Crippen molar-refractivity contribution in [3.63, 3.8) is 0 Å². The Hall–Kier alpha value is -2.40. The van der Waals surface area contributed by atoms with Gasteiger partial charge in [0.05, 0.1) is 0 Å². The fourth-order valence-electron chi connectivity index (χ4n) is 2.92. The van der Waals surface area contributed by atoms with Crippen molar-refractivity contribution in [2.75, 3.05) is 0 Å². The molecule has 2 aromatic rings. The number of nitrogens with one attached hydrogen (secondary N) is 1. The van der Waals surface area contributed by atoms with Crippen molar-refractivity contribution in [2.24, 2.45) is 0 Å². The highest BCUT2D eigenvalue weighted by Gasteiger charge is 2.36. The number of likely N-dealkylation sites (tertiary alicyclic amines) is 1. The Morgan fingerprint density at radius 1 is 1.20 bits per heavy atom. The third-order valence-corrected chi connectivity index (χ3v) is 4.68. The average molecular weight is 361 g/mol. The van der Waals surface area contributed by atoms with Crippen molar-refractivity contribution >= 4 is 23.4 Å². The van der Waals surface area contributed by atoms with E-state index in [1.165, 1.54) is 12.1 Å². The van der Waals surface area contributed by atoms with Gasteiger partial charge in [-0.05, 0) is 35.7 Å². The highest BCUT2D eigenvalue weighted by Crippen LogP contribution is 2.25. The molecule has 1 heterocycles. The van der Waals surface area contributed by atoms with Crippen molar-refractivity contribution < 1.29 is 14.0 Å². The molecule has 1 unspecified atom stereocenters. The number of amides is 2. The van der Waals surface area contributed by atoms with Gasteiger partial charge in [-0.3, -0.25) is 9.59 Å². The summed E-state index contributed by atoms with van der Waals surface area (Å²) in [6, 6.07) is 12.7. The molecule has 0 aliphatic carbocycles. The molecule has 0 radical (unpaired) electrons. The maximum absolute atomic E-state index is 12.9. The fourth-order valence-corrected chi connectivity index (χ4v) is 3.12. The first-order valence-corrected chi connectivity index (χ1v) is 8.47. The standard InChI is InChI=1S/C19H18ClFN2O2/c20-16-4-2-1-3-14(16)12-23-17(9-10-18(23)24)19(25)22-11-13-5-7-15(21)8-6-13/h1-8,17H,9-12H2,(H,22,25). The molecule has 1 fully saturated rings. The lowest BCUT2D eigenvalue weighted by atomic mass is 10.1. The molecule has 1 N–H and O–H groups in total. The molecule has 0 saturated carbocycles. The zero-order chi connectivity index (χ0) is 17.8. The van der Waals surface area contributed by atoms with Crippen LogP contribution in [0.4, 0.5) is 4.39 Å². The Balaban J connectivity index is 1.65. The van der Waals surface area contributed by atoms with E-state index in [4.69, 9.17) is 11.6 Å². The minimum atomic E-state index is -0.510. The van der Waals surface area contributed by atoms with Crippen molar-refractivity contribution in [2.45, 2.75) is 32.0 Å². The summed E-state index contributed by atoms with van der Waals surface area (Å²) in [5.41, 5.74) is 1.62. The first-order chi connectivity index (χ1) is 12.0. The van der Waals surface area contributed by atoms with Crippen LogP contribution in [-0.4, -0.2) is 22.8 Å². The summed E-state index contributed by atoms with van der Waals surface area (Å²) in [5, 5.41) is 3.40. The smallest absolute Gasteiger partial charge is 0.243 e. The molecule has 4 nitrogen and oxygen atoms in total. The van der Waals surface area contributed by atoms with Crippen LogP contribution in [0.2, 0.25) is 5.02 Å². The minimum Gasteiger partial charge on any atom is -0.350 e. The van der Waals surface area contributed by atoms with Crippen LogP contribution in [0.15, 0.2) is 48.5 Å². The molecule has 1 saturated heterocycles. The number of carbonyl (C=O) groups is 2. The Kier molecular flexibility index (Phi) is 5.34. The van der Waals surface area contributed by atoms with E-state index >= 15 is 0 Å². The van der Waals surface area contributed by atoms with E-state index in [0.717, 1.165) is 11.1 Å². The molecular weight excluding hydrogens is 343 g/mol. The van der Waals surface area contributed by atoms with Crippen LogP contribution in [0.25, 0.3) is 0 Å². The molecule has 6 heteroatoms. The lowest BCUT2D eigenvalue weighted by Crippen LogP contribution is -2.44. The van der Waals surface area contributed by atoms with Gasteiger partial charge in [0, 0.05) is 24.5 Å². The van der Waals surface area contributed by atoms with Crippen molar-refractivity contribution in [1.82, 2.24) is 10.2 Å². The number of nitrogens with zero attached hydrogens (tertiary/aromatic N) is 1. The Morgan fingerprint density at radius 3 is 2.64 bits per heavy atom. The molecule has 130 valence electrons. The maximum Gasteiger partial charge on any atom is 0.243 e. The topological polar surface area (TPSA) is 49.4 Å². The molecule has 0 spiro atoms. The third kappa shape index (κ3) is 4.17. The Labute approximate surface area is 150 Å². The largest absolute Gasteiger partial charge is 0.350 e. The highest BCUT2D eigenvalue weighted by atomic mass is 35.5. The molecule has 1 atom stereocenters. The summed E-state index contributed by atoms with van der Waals surface area (Å²) in [6.07, 6.45) is 0.831. The van der Waals surface area contributed by atoms with E-state index in [1.807, 2.05) is 18.2 Å². The number of carbonyl (C=O) groups excluding carboxylic acids is 2. The first kappa shape index (κ1) is 17.4. The van der Waals surface area contributed by atoms with Crippen LogP contribution >= 0.6 is 11.6 Å². The van der Waals surface area contributed by atoms with Gasteiger partial charge in [-0.15, -0.1) is 0 Å². The van der Waals surface area contributed by atoms with E-state index in [-0.39, 0.29) is 17.6 Å². The van der Waals surface area contributed by atoms with Crippen molar-refractivity contribution in [3.05, 3.63) is 70.5 Å². The van der Waals surface area contributed by atoms with Gasteiger partial charge in [0.25, 0.3) is 0 Å². The van der Waals surface area contributed by atoms with Crippen molar-refractivity contribution in [3.8, 4) is 0 Å². The minimum absolute atomic E-state index is 0.0538. The van der Waals surface area contributed by atoms with E-state index in [1.54, 1.807) is 23.1 Å². The van der Waals surface area contributed by atoms with Crippen LogP contribution in [0.5, 0.6) is 0 Å². The quantitative estimate of drug-likeness (QED) is 0.889. The molecule has 0 bridgehead atoms. The summed E-state index contributed by atoms with van der Waals surface area (Å²) >= 11 is 6.16. The second-order valence-electron chi connectivity index (χ2n) is 6.01. The summed E-state index contributed by atoms with van der Waals surface area (Å²) in [6.45, 7) is 0.608. The SMILES string of the molecule is O=C(NCc1ccc(F)cc1)C1CCC(=O)N1Cc1ccccc1Cl. The maximum atomic E-state index is 12.9. The third-order valence-electron chi connectivity index (χ3n) is 4.31. The van der Waals surface area contributed by atoms with Gasteiger partial charge >= 0.3 is 0 Å². The van der Waals surface area contributed by atoms with Crippen LogP contribution < -0.4 is 5.32 Å². The normalized spacial score (nSPS) is 17.0. The van der Waals surface area contributed by atoms with Gasteiger partial charge < -0.3 is 10.2 Å². The summed E-state index contributed by atoms with van der Waals surface area (Å²) in [7, 11) is 0. The number of halogens is 2. The monoisotopic (exact) mass is 360 g/mol. The van der Waals surface area contributed by atoms with Gasteiger partial charge in [-0.25, -0.2) is 4.39 Å². The summed E-state index contributed by atoms with van der Waals surface area (Å²) < 4.78 is 12.9. The van der Waals surface area contributed by atoms with E-state index in [0.29, 0.717) is 31.0 Å². The lowest BCUT2D eigenvalue weighted by molar-refractivity contribution is -0.135. The molecule has 1 aliphatic rings. The molecule has 25 heavy (non-hydrogen) atoms. The summed E-state index contributed by atoms with van der Waals surface area (Å²) in [4.78, 5) is 26.3. The zero-order valence-electron chi connectivity index (χ0n) is 13.5. The molecule has 0 aromatic heterocycles. The summed E-state index contributed by atoms with van der Waals surface area (Å²) in [5.74, 6) is -0.577. The number of hydrogen-bond acceptors (Lipinski definition) is 2. The van der Waals surface area contributed by atoms with E-state index in [9.17, 15) is 14.0 Å². The second kappa shape index (κ2) is 7.66. The Bertz CT molecular complexity index is 779. The molecular formula is C19H18ClFN2O2. The average Bonchev–Trinajstić information content (AvgIpc) is 2.97. The van der Waals surface area contributed by atoms with Crippen LogP contribution in [0.1, 0.15) is 24.0 Å². The van der Waals surface area contributed by atoms with Crippen LogP contribution in [-0.2, 0) is 22.7 Å². The van der Waals surface area contributed by atoms with Gasteiger partial charge in [0.15, 0.2) is 0 Å². The molecule has 1 aliphatic heterocycles. The van der Waals surface area contributed by atoms with Crippen molar-refractivity contribution in [1.29, 1.82) is 0 Å². The fraction of sp³-hybridized carbons (Fsp3) is 0.263. The molecule has 2 aromatic carbocycles.